The molecule has 1 aromatic carbocycles. The van der Waals surface area contributed by atoms with E-state index < -0.39 is 17.5 Å². The van der Waals surface area contributed by atoms with Gasteiger partial charge in [-0.15, -0.1) is 0 Å². The summed E-state index contributed by atoms with van der Waals surface area (Å²) in [6, 6.07) is 4.90. The minimum atomic E-state index is -1.50. The normalized spacial score (nSPS) is 19.6. The molecule has 2 aromatic heterocycles. The first-order chi connectivity index (χ1) is 15.4. The number of methoxy groups -OCH3 is 1. The van der Waals surface area contributed by atoms with Crippen LogP contribution in [0.25, 0.3) is 11.3 Å². The highest BCUT2D eigenvalue weighted by atomic mass is 19.2. The molecule has 2 bridgehead atoms. The number of hydrogen-bond acceptors (Lipinski definition) is 4. The third-order valence-corrected chi connectivity index (χ3v) is 6.35. The Morgan fingerprint density at radius 1 is 1.16 bits per heavy atom. The van der Waals surface area contributed by atoms with Gasteiger partial charge in [-0.3, -0.25) is 14.5 Å². The van der Waals surface area contributed by atoms with E-state index in [9.17, 15) is 18.0 Å². The van der Waals surface area contributed by atoms with Crippen molar-refractivity contribution in [3.8, 4) is 17.0 Å². The minimum absolute atomic E-state index is 0.0974. The van der Waals surface area contributed by atoms with Crippen LogP contribution in [0.3, 0.4) is 0 Å². The zero-order valence-corrected chi connectivity index (χ0v) is 17.6. The van der Waals surface area contributed by atoms with Crippen molar-refractivity contribution in [3.05, 3.63) is 64.9 Å². The second kappa shape index (κ2) is 7.65. The van der Waals surface area contributed by atoms with E-state index in [1.54, 1.807) is 23.9 Å². The molecule has 1 fully saturated rings. The molecular formula is C23H21F3N4O2. The number of benzene rings is 1. The average Bonchev–Trinajstić information content (AvgIpc) is 3.11. The van der Waals surface area contributed by atoms with Gasteiger partial charge in [0.15, 0.2) is 17.5 Å². The number of hydrogen-bond donors (Lipinski definition) is 0. The van der Waals surface area contributed by atoms with E-state index in [2.05, 4.69) is 10.1 Å². The molecule has 0 spiro atoms. The molecule has 166 valence electrons. The lowest BCUT2D eigenvalue weighted by molar-refractivity contribution is 0.0385. The number of pyridine rings is 1. The summed E-state index contributed by atoms with van der Waals surface area (Å²) in [6.45, 7) is 0. The van der Waals surface area contributed by atoms with Gasteiger partial charge in [0.1, 0.15) is 11.4 Å². The molecule has 32 heavy (non-hydrogen) atoms. The third-order valence-electron chi connectivity index (χ3n) is 6.35. The van der Waals surface area contributed by atoms with Crippen molar-refractivity contribution in [1.82, 2.24) is 19.7 Å². The Morgan fingerprint density at radius 2 is 1.91 bits per heavy atom. The van der Waals surface area contributed by atoms with E-state index in [1.165, 1.54) is 13.3 Å². The van der Waals surface area contributed by atoms with Gasteiger partial charge in [0, 0.05) is 36.5 Å². The Hall–Kier alpha value is -3.36. The second-order valence-corrected chi connectivity index (χ2v) is 8.19. The summed E-state index contributed by atoms with van der Waals surface area (Å²) in [6.07, 6.45) is 4.49. The SMILES string of the molecule is COc1ccnc(C(=O)N2[C@H]3CCC[C@@H]2c2nn(C)c(-c4cc(F)c(F)c(F)c4)c2C3)c1. The Kier molecular flexibility index (Phi) is 4.91. The molecule has 2 aliphatic rings. The lowest BCUT2D eigenvalue weighted by Gasteiger charge is -2.45. The van der Waals surface area contributed by atoms with Crippen molar-refractivity contribution < 1.29 is 22.7 Å². The molecule has 2 aliphatic heterocycles. The maximum Gasteiger partial charge on any atom is 0.273 e. The van der Waals surface area contributed by atoms with Crippen LogP contribution in [0.15, 0.2) is 30.5 Å². The lowest BCUT2D eigenvalue weighted by Crippen LogP contribution is -2.50. The van der Waals surface area contributed by atoms with Gasteiger partial charge in [-0.25, -0.2) is 13.2 Å². The van der Waals surface area contributed by atoms with Crippen molar-refractivity contribution in [3.63, 3.8) is 0 Å². The predicted octanol–water partition coefficient (Wildman–Crippen LogP) is 4.20. The van der Waals surface area contributed by atoms with Gasteiger partial charge in [0.2, 0.25) is 0 Å². The first kappa shape index (κ1) is 20.5. The monoisotopic (exact) mass is 442 g/mol. The highest BCUT2D eigenvalue weighted by Gasteiger charge is 2.44. The Morgan fingerprint density at radius 3 is 2.62 bits per heavy atom. The molecular weight excluding hydrogens is 421 g/mol. The number of carbonyl (C=O) groups is 1. The predicted molar refractivity (Wildman–Crippen MR) is 110 cm³/mol. The Labute approximate surface area is 182 Å². The number of ether oxygens (including phenoxy) is 1. The van der Waals surface area contributed by atoms with Gasteiger partial charge in [-0.05, 0) is 43.9 Å². The number of aryl methyl sites for hydroxylation is 1. The van der Waals surface area contributed by atoms with Crippen LogP contribution in [-0.2, 0) is 13.5 Å². The zero-order valence-electron chi connectivity index (χ0n) is 17.6. The van der Waals surface area contributed by atoms with Gasteiger partial charge < -0.3 is 9.64 Å². The van der Waals surface area contributed by atoms with Gasteiger partial charge in [0.05, 0.1) is 24.5 Å². The molecule has 0 aliphatic carbocycles. The first-order valence-corrected chi connectivity index (χ1v) is 10.4. The average molecular weight is 442 g/mol. The maximum absolute atomic E-state index is 13.9. The summed E-state index contributed by atoms with van der Waals surface area (Å²) in [5.74, 6) is -3.63. The van der Waals surface area contributed by atoms with Gasteiger partial charge >= 0.3 is 0 Å². The number of aromatic nitrogens is 3. The molecule has 9 heteroatoms. The maximum atomic E-state index is 13.9. The highest BCUT2D eigenvalue weighted by molar-refractivity contribution is 5.93. The fourth-order valence-electron chi connectivity index (χ4n) is 4.99. The van der Waals surface area contributed by atoms with Crippen molar-refractivity contribution in [1.29, 1.82) is 0 Å². The van der Waals surface area contributed by atoms with E-state index in [1.807, 2.05) is 4.90 Å². The largest absolute Gasteiger partial charge is 0.497 e. The lowest BCUT2D eigenvalue weighted by atomic mass is 9.81. The van der Waals surface area contributed by atoms with Crippen LogP contribution >= 0.6 is 0 Å². The van der Waals surface area contributed by atoms with Crippen molar-refractivity contribution >= 4 is 5.91 Å². The number of carbonyl (C=O) groups excluding carboxylic acids is 1. The number of rotatable bonds is 3. The smallest absolute Gasteiger partial charge is 0.273 e. The number of piperidine rings is 1. The van der Waals surface area contributed by atoms with Crippen molar-refractivity contribution in [2.24, 2.45) is 7.05 Å². The fraction of sp³-hybridized carbons (Fsp3) is 0.348. The van der Waals surface area contributed by atoms with Crippen LogP contribution in [0, 0.1) is 17.5 Å². The summed E-state index contributed by atoms with van der Waals surface area (Å²) < 4.78 is 48.1. The van der Waals surface area contributed by atoms with Crippen LogP contribution < -0.4 is 4.74 Å². The molecule has 6 nitrogen and oxygen atoms in total. The fourth-order valence-corrected chi connectivity index (χ4v) is 4.99. The number of fused-ring (bicyclic) bond motifs is 4. The summed E-state index contributed by atoms with van der Waals surface area (Å²) in [4.78, 5) is 19.5. The number of amides is 1. The molecule has 0 radical (unpaired) electrons. The molecule has 0 unspecified atom stereocenters. The molecule has 1 saturated heterocycles. The van der Waals surface area contributed by atoms with E-state index >= 15 is 0 Å². The number of nitrogens with zero attached hydrogens (tertiary/aromatic N) is 4. The van der Waals surface area contributed by atoms with Crippen molar-refractivity contribution in [2.75, 3.05) is 7.11 Å². The topological polar surface area (TPSA) is 60.2 Å². The van der Waals surface area contributed by atoms with E-state index in [0.717, 1.165) is 37.0 Å². The summed E-state index contributed by atoms with van der Waals surface area (Å²) in [7, 11) is 3.22. The Bertz CT molecular complexity index is 1200. The van der Waals surface area contributed by atoms with Crippen LogP contribution in [0.5, 0.6) is 5.75 Å². The molecule has 1 amide bonds. The molecule has 2 atom stereocenters. The van der Waals surface area contributed by atoms with Crippen molar-refractivity contribution in [2.45, 2.75) is 37.8 Å². The van der Waals surface area contributed by atoms with Crippen LogP contribution in [0.1, 0.15) is 47.1 Å². The van der Waals surface area contributed by atoms with Crippen LogP contribution in [-0.4, -0.2) is 38.7 Å². The standard InChI is InChI=1S/C23H21F3N4O2/c1-29-22(12-8-16(24)20(26)17(25)9-12)15-10-13-4-3-5-19(21(15)28-29)30(13)23(31)18-11-14(32-2)6-7-27-18/h6-9,11,13,19H,3-5,10H2,1-2H3/t13-,19+/m0/s1. The van der Waals surface area contributed by atoms with Crippen LogP contribution in [0.4, 0.5) is 13.2 Å². The summed E-state index contributed by atoms with van der Waals surface area (Å²) in [5, 5.41) is 4.63. The van der Waals surface area contributed by atoms with E-state index in [-0.39, 0.29) is 23.6 Å². The van der Waals surface area contributed by atoms with Gasteiger partial charge in [-0.2, -0.15) is 5.10 Å². The molecule has 3 aromatic rings. The van der Waals surface area contributed by atoms with Gasteiger partial charge in [0.25, 0.3) is 5.91 Å². The quantitative estimate of drug-likeness (QED) is 0.571. The summed E-state index contributed by atoms with van der Waals surface area (Å²) in [5.41, 5.74) is 2.62. The third kappa shape index (κ3) is 3.14. The second-order valence-electron chi connectivity index (χ2n) is 8.19. The zero-order chi connectivity index (χ0) is 22.6. The van der Waals surface area contributed by atoms with E-state index in [0.29, 0.717) is 29.3 Å². The number of halogens is 3. The summed E-state index contributed by atoms with van der Waals surface area (Å²) >= 11 is 0. The minimum Gasteiger partial charge on any atom is -0.497 e. The Balaban J connectivity index is 1.58. The first-order valence-electron chi connectivity index (χ1n) is 10.4. The van der Waals surface area contributed by atoms with Gasteiger partial charge in [-0.1, -0.05) is 0 Å². The van der Waals surface area contributed by atoms with E-state index in [4.69, 9.17) is 4.74 Å². The molecule has 0 N–H and O–H groups in total. The molecule has 0 saturated carbocycles. The molecule has 5 rings (SSSR count). The highest BCUT2D eigenvalue weighted by Crippen LogP contribution is 2.45. The molecule has 4 heterocycles. The van der Waals surface area contributed by atoms with Crippen LogP contribution in [0.2, 0.25) is 0 Å².